The fourth-order valence-electron chi connectivity index (χ4n) is 3.04. The molecule has 3 aromatic carbocycles. The number of carbonyl (C=O) groups is 3. The largest absolute Gasteiger partial charge is 0.379 e. The zero-order valence-corrected chi connectivity index (χ0v) is 20.2. The van der Waals surface area contributed by atoms with Crippen LogP contribution in [0.5, 0.6) is 5.75 Å². The molecule has 1 heterocycles. The van der Waals surface area contributed by atoms with Crippen LogP contribution in [0, 0.1) is 0 Å². The molecular weight excluding hydrogens is 548 g/mol. The van der Waals surface area contributed by atoms with Crippen molar-refractivity contribution in [1.82, 2.24) is 5.32 Å². The van der Waals surface area contributed by atoms with E-state index in [0.717, 1.165) is 9.37 Å². The van der Waals surface area contributed by atoms with Gasteiger partial charge in [-0.05, 0) is 72.3 Å². The maximum absolute atomic E-state index is 12.9. The third kappa shape index (κ3) is 5.04. The van der Waals surface area contributed by atoms with E-state index in [2.05, 4.69) is 21.2 Å². The van der Waals surface area contributed by atoms with Crippen LogP contribution in [0.2, 0.25) is 5.02 Å². The summed E-state index contributed by atoms with van der Waals surface area (Å²) in [5.41, 5.74) is 0.449. The smallest absolute Gasteiger partial charge is 0.339 e. The van der Waals surface area contributed by atoms with E-state index in [9.17, 15) is 22.8 Å². The molecule has 0 aromatic heterocycles. The molecule has 1 aliphatic rings. The number of benzene rings is 3. The van der Waals surface area contributed by atoms with Crippen LogP contribution in [0.15, 0.2) is 87.7 Å². The minimum atomic E-state index is -4.07. The van der Waals surface area contributed by atoms with E-state index >= 15 is 0 Å². The monoisotopic (exact) mass is 560 g/mol. The highest BCUT2D eigenvalue weighted by Crippen LogP contribution is 2.25. The lowest BCUT2D eigenvalue weighted by molar-refractivity contribution is -0.122. The first-order valence-corrected chi connectivity index (χ1v) is 12.2. The van der Waals surface area contributed by atoms with E-state index in [1.54, 1.807) is 24.3 Å². The zero-order valence-electron chi connectivity index (χ0n) is 17.1. The highest BCUT2D eigenvalue weighted by molar-refractivity contribution is 9.10. The number of hydrogen-bond acceptors (Lipinski definition) is 6. The molecule has 4 rings (SSSR count). The number of hydrogen-bond donors (Lipinski definition) is 1. The number of nitrogens with one attached hydrogen (secondary N) is 1. The molecule has 0 spiro atoms. The van der Waals surface area contributed by atoms with Crippen LogP contribution < -0.4 is 14.4 Å². The summed E-state index contributed by atoms with van der Waals surface area (Å²) in [6.45, 7) is 0. The van der Waals surface area contributed by atoms with E-state index in [4.69, 9.17) is 15.8 Å². The van der Waals surface area contributed by atoms with E-state index in [1.165, 1.54) is 54.6 Å². The Kier molecular flexibility index (Phi) is 6.56. The van der Waals surface area contributed by atoms with Gasteiger partial charge in [0.2, 0.25) is 0 Å². The van der Waals surface area contributed by atoms with Crippen LogP contribution in [0.1, 0.15) is 5.56 Å². The van der Waals surface area contributed by atoms with Crippen LogP contribution in [-0.4, -0.2) is 26.3 Å². The van der Waals surface area contributed by atoms with Gasteiger partial charge in [-0.3, -0.25) is 14.9 Å². The molecule has 4 amide bonds. The summed E-state index contributed by atoms with van der Waals surface area (Å²) >= 11 is 9.06. The Balaban J connectivity index is 1.56. The number of barbiturate groups is 1. The predicted octanol–water partition coefficient (Wildman–Crippen LogP) is 4.54. The van der Waals surface area contributed by atoms with Gasteiger partial charge in [-0.25, -0.2) is 9.69 Å². The molecule has 0 aliphatic carbocycles. The first-order valence-electron chi connectivity index (χ1n) is 9.61. The van der Waals surface area contributed by atoms with Crippen molar-refractivity contribution in [2.45, 2.75) is 4.90 Å². The molecule has 0 bridgehead atoms. The standard InChI is InChI=1S/C23H14BrClN2O6S/c24-15-3-7-17(8-4-15)27-22(29)20(21(28)26-23(27)30)13-14-1-9-18(10-2-14)33-34(31,32)19-11-5-16(25)6-12-19/h1-13H,(H,26,28,30)/b20-13+. The number of halogens is 2. The predicted molar refractivity (Wildman–Crippen MR) is 129 cm³/mol. The Labute approximate surface area is 208 Å². The Hall–Kier alpha value is -3.47. The Bertz CT molecular complexity index is 1420. The lowest BCUT2D eigenvalue weighted by Crippen LogP contribution is -2.54. The highest BCUT2D eigenvalue weighted by Gasteiger charge is 2.36. The van der Waals surface area contributed by atoms with E-state index in [1.807, 2.05) is 0 Å². The number of urea groups is 1. The van der Waals surface area contributed by atoms with Gasteiger partial charge in [0.15, 0.2) is 0 Å². The Morgan fingerprint density at radius 1 is 0.882 bits per heavy atom. The van der Waals surface area contributed by atoms with Crippen LogP contribution >= 0.6 is 27.5 Å². The highest BCUT2D eigenvalue weighted by atomic mass is 79.9. The first-order chi connectivity index (χ1) is 16.1. The average Bonchev–Trinajstić information content (AvgIpc) is 2.79. The van der Waals surface area contributed by atoms with Gasteiger partial charge in [0, 0.05) is 9.50 Å². The van der Waals surface area contributed by atoms with Crippen molar-refractivity contribution in [2.24, 2.45) is 0 Å². The molecule has 11 heteroatoms. The quantitative estimate of drug-likeness (QED) is 0.278. The Morgan fingerprint density at radius 3 is 2.12 bits per heavy atom. The first kappa shape index (κ1) is 23.7. The molecule has 1 fully saturated rings. The van der Waals surface area contributed by atoms with Crippen LogP contribution in [-0.2, 0) is 19.7 Å². The number of carbonyl (C=O) groups excluding carboxylic acids is 3. The van der Waals surface area contributed by atoms with Crippen molar-refractivity contribution >= 4 is 67.3 Å². The van der Waals surface area contributed by atoms with Crippen molar-refractivity contribution in [3.8, 4) is 5.75 Å². The molecule has 3 aromatic rings. The summed E-state index contributed by atoms with van der Waals surface area (Å²) in [4.78, 5) is 38.3. The summed E-state index contributed by atoms with van der Waals surface area (Å²) < 4.78 is 30.7. The van der Waals surface area contributed by atoms with Gasteiger partial charge < -0.3 is 4.18 Å². The van der Waals surface area contributed by atoms with Gasteiger partial charge in [-0.2, -0.15) is 8.42 Å². The lowest BCUT2D eigenvalue weighted by atomic mass is 10.1. The number of amides is 4. The minimum Gasteiger partial charge on any atom is -0.379 e. The molecule has 0 unspecified atom stereocenters. The average molecular weight is 562 g/mol. The van der Waals surface area contributed by atoms with E-state index in [-0.39, 0.29) is 16.2 Å². The summed E-state index contributed by atoms with van der Waals surface area (Å²) in [5.74, 6) is -1.60. The Morgan fingerprint density at radius 2 is 1.50 bits per heavy atom. The normalized spacial score (nSPS) is 15.4. The minimum absolute atomic E-state index is 0.0307. The topological polar surface area (TPSA) is 110 Å². The fourth-order valence-corrected chi connectivity index (χ4v) is 4.36. The molecule has 172 valence electrons. The SMILES string of the molecule is O=C1NC(=O)N(c2ccc(Br)cc2)C(=O)/C1=C/c1ccc(OS(=O)(=O)c2ccc(Cl)cc2)cc1. The third-order valence-electron chi connectivity index (χ3n) is 4.69. The molecule has 34 heavy (non-hydrogen) atoms. The summed E-state index contributed by atoms with van der Waals surface area (Å²) in [6.07, 6.45) is 1.30. The molecular formula is C23H14BrClN2O6S. The van der Waals surface area contributed by atoms with E-state index < -0.39 is 28.0 Å². The number of rotatable bonds is 5. The maximum atomic E-state index is 12.9. The second-order valence-electron chi connectivity index (χ2n) is 6.99. The molecule has 8 nitrogen and oxygen atoms in total. The molecule has 1 saturated heterocycles. The van der Waals surface area contributed by atoms with Crippen molar-refractivity contribution < 1.29 is 27.0 Å². The molecule has 0 saturated carbocycles. The number of anilines is 1. The van der Waals surface area contributed by atoms with Crippen molar-refractivity contribution in [3.05, 3.63) is 93.4 Å². The molecule has 0 radical (unpaired) electrons. The van der Waals surface area contributed by atoms with Gasteiger partial charge in [-0.1, -0.05) is 39.7 Å². The summed E-state index contributed by atoms with van der Waals surface area (Å²) in [6, 6.07) is 16.8. The summed E-state index contributed by atoms with van der Waals surface area (Å²) in [7, 11) is -4.07. The van der Waals surface area contributed by atoms with Gasteiger partial charge in [-0.15, -0.1) is 0 Å². The second kappa shape index (κ2) is 9.41. The van der Waals surface area contributed by atoms with Crippen molar-refractivity contribution in [1.29, 1.82) is 0 Å². The maximum Gasteiger partial charge on any atom is 0.339 e. The lowest BCUT2D eigenvalue weighted by Gasteiger charge is -2.26. The molecule has 1 N–H and O–H groups in total. The summed E-state index contributed by atoms with van der Waals surface area (Å²) in [5, 5.41) is 2.53. The molecule has 1 aliphatic heterocycles. The van der Waals surface area contributed by atoms with Crippen LogP contribution in [0.4, 0.5) is 10.5 Å². The number of imide groups is 2. The third-order valence-corrected chi connectivity index (χ3v) is 6.73. The number of nitrogens with zero attached hydrogens (tertiary/aromatic N) is 1. The van der Waals surface area contributed by atoms with Crippen LogP contribution in [0.25, 0.3) is 6.08 Å². The fraction of sp³-hybridized carbons (Fsp3) is 0. The van der Waals surface area contributed by atoms with Gasteiger partial charge >= 0.3 is 16.1 Å². The van der Waals surface area contributed by atoms with Gasteiger partial charge in [0.1, 0.15) is 16.2 Å². The van der Waals surface area contributed by atoms with Gasteiger partial charge in [0.25, 0.3) is 11.8 Å². The zero-order chi connectivity index (χ0) is 24.5. The van der Waals surface area contributed by atoms with E-state index in [0.29, 0.717) is 16.3 Å². The van der Waals surface area contributed by atoms with Crippen molar-refractivity contribution in [2.75, 3.05) is 4.90 Å². The van der Waals surface area contributed by atoms with Crippen LogP contribution in [0.3, 0.4) is 0 Å². The molecule has 0 atom stereocenters. The van der Waals surface area contributed by atoms with Gasteiger partial charge in [0.05, 0.1) is 5.69 Å². The van der Waals surface area contributed by atoms with Crippen molar-refractivity contribution in [3.63, 3.8) is 0 Å². The second-order valence-corrected chi connectivity index (χ2v) is 9.89.